The summed E-state index contributed by atoms with van der Waals surface area (Å²) in [5.74, 6) is 0. The number of pyridine rings is 1. The first-order valence-corrected chi connectivity index (χ1v) is 4.67. The zero-order valence-corrected chi connectivity index (χ0v) is 8.64. The Labute approximate surface area is 85.4 Å². The van der Waals surface area contributed by atoms with Gasteiger partial charge in [-0.1, -0.05) is 41.5 Å². The van der Waals surface area contributed by atoms with Crippen LogP contribution in [0.3, 0.4) is 0 Å². The van der Waals surface area contributed by atoms with E-state index < -0.39 is 0 Å². The minimum absolute atomic E-state index is 1.33. The highest BCUT2D eigenvalue weighted by atomic mass is 14.6. The van der Waals surface area contributed by atoms with Gasteiger partial charge in [-0.25, -0.2) is 0 Å². The molecule has 0 fully saturated rings. The highest BCUT2D eigenvalue weighted by Gasteiger charge is 1.79. The van der Waals surface area contributed by atoms with E-state index in [1.165, 1.54) is 11.1 Å². The molecule has 0 saturated heterocycles. The highest BCUT2D eigenvalue weighted by molar-refractivity contribution is 5.19. The van der Waals surface area contributed by atoms with E-state index in [-0.39, 0.29) is 0 Å². The largest absolute Gasteiger partial charge is 0.265 e. The molecule has 0 atom stereocenters. The lowest BCUT2D eigenvalue weighted by atomic mass is 10.2. The van der Waals surface area contributed by atoms with Crippen LogP contribution in [-0.4, -0.2) is 4.98 Å². The first-order chi connectivity index (χ1) is 6.79. The minimum Gasteiger partial charge on any atom is -0.265 e. The zero-order chi connectivity index (χ0) is 10.2. The SMILES string of the molecule is Cc1ccc(C)cc1.c1ccncc1. The summed E-state index contributed by atoms with van der Waals surface area (Å²) in [5.41, 5.74) is 2.66. The van der Waals surface area contributed by atoms with Gasteiger partial charge in [0.15, 0.2) is 0 Å². The molecule has 1 aromatic carbocycles. The van der Waals surface area contributed by atoms with Gasteiger partial charge in [0, 0.05) is 12.4 Å². The molecule has 0 aliphatic rings. The summed E-state index contributed by atoms with van der Waals surface area (Å²) < 4.78 is 0. The molecule has 0 amide bonds. The van der Waals surface area contributed by atoms with Crippen LogP contribution in [-0.2, 0) is 0 Å². The average molecular weight is 185 g/mol. The molecule has 0 aliphatic heterocycles. The maximum Gasteiger partial charge on any atom is 0.0267 e. The maximum atomic E-state index is 3.78. The first-order valence-electron chi connectivity index (χ1n) is 4.67. The van der Waals surface area contributed by atoms with Crippen molar-refractivity contribution in [3.05, 3.63) is 66.0 Å². The van der Waals surface area contributed by atoms with Crippen molar-refractivity contribution in [2.75, 3.05) is 0 Å². The van der Waals surface area contributed by atoms with Crippen LogP contribution in [0.5, 0.6) is 0 Å². The zero-order valence-electron chi connectivity index (χ0n) is 8.64. The number of hydrogen-bond acceptors (Lipinski definition) is 1. The Morgan fingerprint density at radius 3 is 1.36 bits per heavy atom. The van der Waals surface area contributed by atoms with Gasteiger partial charge in [-0.3, -0.25) is 4.98 Å². The highest BCUT2D eigenvalue weighted by Crippen LogP contribution is 1.99. The molecule has 0 radical (unpaired) electrons. The van der Waals surface area contributed by atoms with E-state index in [0.717, 1.165) is 0 Å². The van der Waals surface area contributed by atoms with E-state index in [0.29, 0.717) is 0 Å². The third kappa shape index (κ3) is 4.41. The van der Waals surface area contributed by atoms with E-state index in [1.807, 2.05) is 18.2 Å². The van der Waals surface area contributed by atoms with Gasteiger partial charge in [0.1, 0.15) is 0 Å². The average Bonchev–Trinajstić information content (AvgIpc) is 2.26. The van der Waals surface area contributed by atoms with Gasteiger partial charge in [-0.2, -0.15) is 0 Å². The fraction of sp³-hybridized carbons (Fsp3) is 0.154. The molecule has 0 aliphatic carbocycles. The molecule has 14 heavy (non-hydrogen) atoms. The predicted octanol–water partition coefficient (Wildman–Crippen LogP) is 3.39. The Balaban J connectivity index is 0.000000146. The van der Waals surface area contributed by atoms with Crippen LogP contribution >= 0.6 is 0 Å². The quantitative estimate of drug-likeness (QED) is 0.613. The Hall–Kier alpha value is -1.63. The number of aryl methyl sites for hydroxylation is 2. The van der Waals surface area contributed by atoms with Gasteiger partial charge in [-0.05, 0) is 26.0 Å². The fourth-order valence-corrected chi connectivity index (χ4v) is 0.949. The summed E-state index contributed by atoms with van der Waals surface area (Å²) in [4.78, 5) is 3.78. The van der Waals surface area contributed by atoms with Crippen LogP contribution < -0.4 is 0 Å². The fourth-order valence-electron chi connectivity index (χ4n) is 0.949. The smallest absolute Gasteiger partial charge is 0.0267 e. The minimum atomic E-state index is 1.33. The molecule has 2 aromatic rings. The third-order valence-corrected chi connectivity index (χ3v) is 1.78. The van der Waals surface area contributed by atoms with Gasteiger partial charge < -0.3 is 0 Å². The van der Waals surface area contributed by atoms with Gasteiger partial charge in [0.2, 0.25) is 0 Å². The lowest BCUT2D eigenvalue weighted by Gasteiger charge is -1.90. The van der Waals surface area contributed by atoms with Crippen LogP contribution in [0.1, 0.15) is 11.1 Å². The van der Waals surface area contributed by atoms with E-state index in [9.17, 15) is 0 Å². The van der Waals surface area contributed by atoms with E-state index in [2.05, 4.69) is 43.1 Å². The van der Waals surface area contributed by atoms with Crippen molar-refractivity contribution in [3.63, 3.8) is 0 Å². The molecule has 0 N–H and O–H groups in total. The van der Waals surface area contributed by atoms with Crippen molar-refractivity contribution in [2.45, 2.75) is 13.8 Å². The Bertz CT molecular complexity index is 290. The summed E-state index contributed by atoms with van der Waals surface area (Å²) in [5, 5.41) is 0. The molecule has 72 valence electrons. The van der Waals surface area contributed by atoms with Gasteiger partial charge in [0.05, 0.1) is 0 Å². The summed E-state index contributed by atoms with van der Waals surface area (Å²) in [6, 6.07) is 14.2. The second kappa shape index (κ2) is 5.92. The maximum absolute atomic E-state index is 3.78. The van der Waals surface area contributed by atoms with Crippen molar-refractivity contribution in [1.29, 1.82) is 0 Å². The number of rotatable bonds is 0. The molecular weight excluding hydrogens is 170 g/mol. The Kier molecular flexibility index (Phi) is 4.42. The number of nitrogens with zero attached hydrogens (tertiary/aromatic N) is 1. The van der Waals surface area contributed by atoms with Crippen molar-refractivity contribution >= 4 is 0 Å². The van der Waals surface area contributed by atoms with Crippen LogP contribution in [0.4, 0.5) is 0 Å². The Morgan fingerprint density at radius 1 is 0.714 bits per heavy atom. The Morgan fingerprint density at radius 2 is 1.14 bits per heavy atom. The summed E-state index contributed by atoms with van der Waals surface area (Å²) in [6.45, 7) is 4.19. The van der Waals surface area contributed by atoms with Crippen LogP contribution in [0, 0.1) is 13.8 Å². The molecule has 1 heterocycles. The van der Waals surface area contributed by atoms with Crippen molar-refractivity contribution in [3.8, 4) is 0 Å². The topological polar surface area (TPSA) is 12.9 Å². The van der Waals surface area contributed by atoms with Crippen molar-refractivity contribution in [2.24, 2.45) is 0 Å². The molecule has 0 saturated carbocycles. The van der Waals surface area contributed by atoms with Gasteiger partial charge in [-0.15, -0.1) is 0 Å². The second-order valence-corrected chi connectivity index (χ2v) is 3.18. The summed E-state index contributed by atoms with van der Waals surface area (Å²) in [7, 11) is 0. The molecule has 0 bridgehead atoms. The van der Waals surface area contributed by atoms with Crippen LogP contribution in [0.25, 0.3) is 0 Å². The third-order valence-electron chi connectivity index (χ3n) is 1.78. The van der Waals surface area contributed by atoms with Gasteiger partial charge >= 0.3 is 0 Å². The summed E-state index contributed by atoms with van der Waals surface area (Å²) >= 11 is 0. The van der Waals surface area contributed by atoms with Crippen LogP contribution in [0.2, 0.25) is 0 Å². The normalized spacial score (nSPS) is 8.71. The summed E-state index contributed by atoms with van der Waals surface area (Å²) in [6.07, 6.45) is 3.50. The predicted molar refractivity (Wildman–Crippen MR) is 60.2 cm³/mol. The second-order valence-electron chi connectivity index (χ2n) is 3.18. The molecule has 1 nitrogen and oxygen atoms in total. The molecular formula is C13H15N. The van der Waals surface area contributed by atoms with Crippen molar-refractivity contribution < 1.29 is 0 Å². The van der Waals surface area contributed by atoms with Gasteiger partial charge in [0.25, 0.3) is 0 Å². The van der Waals surface area contributed by atoms with E-state index >= 15 is 0 Å². The molecule has 2 rings (SSSR count). The molecule has 0 unspecified atom stereocenters. The molecule has 1 heteroatoms. The van der Waals surface area contributed by atoms with Crippen LogP contribution in [0.15, 0.2) is 54.9 Å². The standard InChI is InChI=1S/C8H10.C5H5N/c1-7-3-5-8(2)6-4-7;1-2-4-6-5-3-1/h3-6H,1-2H3;1-5H. The number of hydrogen-bond donors (Lipinski definition) is 0. The lowest BCUT2D eigenvalue weighted by molar-refractivity contribution is 1.33. The molecule has 1 aromatic heterocycles. The lowest BCUT2D eigenvalue weighted by Crippen LogP contribution is -1.70. The van der Waals surface area contributed by atoms with E-state index in [1.54, 1.807) is 12.4 Å². The molecule has 0 spiro atoms. The number of aromatic nitrogens is 1. The first kappa shape index (κ1) is 10.5. The number of benzene rings is 1. The van der Waals surface area contributed by atoms with Crippen molar-refractivity contribution in [1.82, 2.24) is 4.98 Å². The van der Waals surface area contributed by atoms with E-state index in [4.69, 9.17) is 0 Å². The monoisotopic (exact) mass is 185 g/mol.